The van der Waals surface area contributed by atoms with Crippen molar-refractivity contribution in [3.05, 3.63) is 18.0 Å². The summed E-state index contributed by atoms with van der Waals surface area (Å²) < 4.78 is 1.80. The highest BCUT2D eigenvalue weighted by atomic mass is 16.1. The normalized spacial score (nSPS) is 26.9. The summed E-state index contributed by atoms with van der Waals surface area (Å²) in [5.41, 5.74) is 1.05. The maximum atomic E-state index is 11.7. The number of hydrogen-bond acceptors (Lipinski definition) is 2. The van der Waals surface area contributed by atoms with Crippen molar-refractivity contribution in [1.82, 2.24) is 9.78 Å². The Kier molecular flexibility index (Phi) is 2.89. The van der Waals surface area contributed by atoms with Crippen LogP contribution in [0.15, 0.2) is 12.3 Å². The van der Waals surface area contributed by atoms with Crippen molar-refractivity contribution in [2.45, 2.75) is 32.6 Å². The van der Waals surface area contributed by atoms with E-state index in [0.717, 1.165) is 31.4 Å². The molecule has 0 amide bonds. The van der Waals surface area contributed by atoms with Gasteiger partial charge in [0.2, 0.25) is 0 Å². The van der Waals surface area contributed by atoms with Crippen molar-refractivity contribution in [1.29, 1.82) is 0 Å². The van der Waals surface area contributed by atoms with Crippen LogP contribution in [-0.4, -0.2) is 15.6 Å². The van der Waals surface area contributed by atoms with E-state index in [4.69, 9.17) is 0 Å². The summed E-state index contributed by atoms with van der Waals surface area (Å²) in [5.74, 6) is 1.33. The minimum absolute atomic E-state index is 0.212. The van der Waals surface area contributed by atoms with Crippen molar-refractivity contribution in [2.24, 2.45) is 18.9 Å². The molecular formula is C12H18N2O. The van der Waals surface area contributed by atoms with Gasteiger partial charge in [-0.15, -0.1) is 0 Å². The molecule has 0 bridgehead atoms. The molecule has 0 aliphatic heterocycles. The monoisotopic (exact) mass is 206 g/mol. The SMILES string of the molecule is CC1CCC(=O)C(Cc2ccn(C)n2)C1. The lowest BCUT2D eigenvalue weighted by Crippen LogP contribution is -2.25. The molecule has 1 aromatic heterocycles. The molecule has 3 nitrogen and oxygen atoms in total. The second-order valence-electron chi connectivity index (χ2n) is 4.73. The van der Waals surface area contributed by atoms with Gasteiger partial charge in [-0.1, -0.05) is 6.92 Å². The van der Waals surface area contributed by atoms with E-state index in [-0.39, 0.29) is 5.92 Å². The zero-order valence-electron chi connectivity index (χ0n) is 9.44. The molecular weight excluding hydrogens is 188 g/mol. The van der Waals surface area contributed by atoms with E-state index in [0.29, 0.717) is 11.7 Å². The first kappa shape index (κ1) is 10.4. The molecule has 2 unspecified atom stereocenters. The molecule has 1 heterocycles. The molecule has 1 fully saturated rings. The molecule has 0 aromatic carbocycles. The van der Waals surface area contributed by atoms with Crippen molar-refractivity contribution in [2.75, 3.05) is 0 Å². The van der Waals surface area contributed by atoms with Crippen LogP contribution in [-0.2, 0) is 18.3 Å². The Morgan fingerprint density at radius 3 is 3.07 bits per heavy atom. The third-order valence-corrected chi connectivity index (χ3v) is 3.25. The predicted octanol–water partition coefficient (Wildman–Crippen LogP) is 1.97. The maximum absolute atomic E-state index is 11.7. The standard InChI is InChI=1S/C12H18N2O/c1-9-3-4-12(15)10(7-9)8-11-5-6-14(2)13-11/h5-6,9-10H,3-4,7-8H2,1-2H3. The van der Waals surface area contributed by atoms with Crippen molar-refractivity contribution < 1.29 is 4.79 Å². The largest absolute Gasteiger partial charge is 0.299 e. The fraction of sp³-hybridized carbons (Fsp3) is 0.667. The highest BCUT2D eigenvalue weighted by molar-refractivity contribution is 5.81. The van der Waals surface area contributed by atoms with Crippen LogP contribution < -0.4 is 0 Å². The van der Waals surface area contributed by atoms with Crippen molar-refractivity contribution in [3.63, 3.8) is 0 Å². The summed E-state index contributed by atoms with van der Waals surface area (Å²) in [6.45, 7) is 2.23. The topological polar surface area (TPSA) is 34.9 Å². The maximum Gasteiger partial charge on any atom is 0.136 e. The fourth-order valence-corrected chi connectivity index (χ4v) is 2.35. The van der Waals surface area contributed by atoms with Gasteiger partial charge < -0.3 is 0 Å². The second-order valence-corrected chi connectivity index (χ2v) is 4.73. The second kappa shape index (κ2) is 4.17. The van der Waals surface area contributed by atoms with E-state index in [1.807, 2.05) is 19.3 Å². The van der Waals surface area contributed by atoms with Gasteiger partial charge in [-0.2, -0.15) is 5.10 Å². The average Bonchev–Trinajstić information content (AvgIpc) is 2.58. The highest BCUT2D eigenvalue weighted by Gasteiger charge is 2.26. The Hall–Kier alpha value is -1.12. The lowest BCUT2D eigenvalue weighted by molar-refractivity contribution is -0.125. The van der Waals surface area contributed by atoms with Gasteiger partial charge in [0.1, 0.15) is 5.78 Å². The van der Waals surface area contributed by atoms with E-state index < -0.39 is 0 Å². The molecule has 0 N–H and O–H groups in total. The Labute approximate surface area is 90.5 Å². The first-order valence-corrected chi connectivity index (χ1v) is 5.66. The lowest BCUT2D eigenvalue weighted by Gasteiger charge is -2.24. The number of carbonyl (C=O) groups excluding carboxylic acids is 1. The fourth-order valence-electron chi connectivity index (χ4n) is 2.35. The summed E-state index contributed by atoms with van der Waals surface area (Å²) in [5, 5.41) is 4.33. The molecule has 82 valence electrons. The molecule has 0 radical (unpaired) electrons. The molecule has 2 rings (SSSR count). The summed E-state index contributed by atoms with van der Waals surface area (Å²) in [4.78, 5) is 11.7. The average molecular weight is 206 g/mol. The van der Waals surface area contributed by atoms with Crippen LogP contribution in [0.25, 0.3) is 0 Å². The molecule has 0 saturated heterocycles. The van der Waals surface area contributed by atoms with Crippen LogP contribution in [0, 0.1) is 11.8 Å². The number of ketones is 1. The van der Waals surface area contributed by atoms with E-state index in [1.54, 1.807) is 4.68 Å². The summed E-state index contributed by atoms with van der Waals surface area (Å²) in [6.07, 6.45) is 5.63. The van der Waals surface area contributed by atoms with Crippen LogP contribution in [0.3, 0.4) is 0 Å². The van der Waals surface area contributed by atoms with Gasteiger partial charge in [0.25, 0.3) is 0 Å². The number of aryl methyl sites for hydroxylation is 1. The smallest absolute Gasteiger partial charge is 0.136 e. The molecule has 2 atom stereocenters. The van der Waals surface area contributed by atoms with Gasteiger partial charge in [0.05, 0.1) is 5.69 Å². The Morgan fingerprint density at radius 1 is 1.60 bits per heavy atom. The zero-order valence-corrected chi connectivity index (χ0v) is 9.44. The predicted molar refractivity (Wildman–Crippen MR) is 58.4 cm³/mol. The third kappa shape index (κ3) is 2.46. The van der Waals surface area contributed by atoms with Gasteiger partial charge >= 0.3 is 0 Å². The van der Waals surface area contributed by atoms with Gasteiger partial charge in [0, 0.05) is 32.0 Å². The van der Waals surface area contributed by atoms with E-state index in [2.05, 4.69) is 12.0 Å². The Balaban J connectivity index is 2.01. The quantitative estimate of drug-likeness (QED) is 0.741. The van der Waals surface area contributed by atoms with E-state index >= 15 is 0 Å². The number of nitrogens with zero attached hydrogens (tertiary/aromatic N) is 2. The first-order chi connectivity index (χ1) is 7.15. The van der Waals surface area contributed by atoms with Crippen LogP contribution in [0.2, 0.25) is 0 Å². The van der Waals surface area contributed by atoms with Gasteiger partial charge in [-0.05, 0) is 24.8 Å². The first-order valence-electron chi connectivity index (χ1n) is 5.66. The number of Topliss-reactive ketones (excluding diaryl/α,β-unsaturated/α-hetero) is 1. The van der Waals surface area contributed by atoms with Crippen molar-refractivity contribution >= 4 is 5.78 Å². The number of carbonyl (C=O) groups is 1. The number of rotatable bonds is 2. The molecule has 3 heteroatoms. The van der Waals surface area contributed by atoms with Gasteiger partial charge in [0.15, 0.2) is 0 Å². The molecule has 1 aromatic rings. The lowest BCUT2D eigenvalue weighted by atomic mass is 9.79. The van der Waals surface area contributed by atoms with Crippen LogP contribution in [0.4, 0.5) is 0 Å². The molecule has 1 saturated carbocycles. The van der Waals surface area contributed by atoms with Crippen LogP contribution >= 0.6 is 0 Å². The van der Waals surface area contributed by atoms with Crippen LogP contribution in [0.1, 0.15) is 31.9 Å². The minimum atomic E-state index is 0.212. The van der Waals surface area contributed by atoms with E-state index in [1.165, 1.54) is 0 Å². The molecule has 1 aliphatic rings. The van der Waals surface area contributed by atoms with Crippen LogP contribution in [0.5, 0.6) is 0 Å². The minimum Gasteiger partial charge on any atom is -0.299 e. The third-order valence-electron chi connectivity index (χ3n) is 3.25. The Bertz CT molecular complexity index is 356. The summed E-state index contributed by atoms with van der Waals surface area (Å²) >= 11 is 0. The van der Waals surface area contributed by atoms with Crippen molar-refractivity contribution in [3.8, 4) is 0 Å². The van der Waals surface area contributed by atoms with Gasteiger partial charge in [-0.3, -0.25) is 9.48 Å². The van der Waals surface area contributed by atoms with Gasteiger partial charge in [-0.25, -0.2) is 0 Å². The molecule has 15 heavy (non-hydrogen) atoms. The molecule has 1 aliphatic carbocycles. The highest BCUT2D eigenvalue weighted by Crippen LogP contribution is 2.28. The Morgan fingerprint density at radius 2 is 2.40 bits per heavy atom. The zero-order chi connectivity index (χ0) is 10.8. The number of aromatic nitrogens is 2. The summed E-state index contributed by atoms with van der Waals surface area (Å²) in [7, 11) is 1.91. The van der Waals surface area contributed by atoms with E-state index in [9.17, 15) is 4.79 Å². The number of hydrogen-bond donors (Lipinski definition) is 0. The molecule has 0 spiro atoms. The summed E-state index contributed by atoms with van der Waals surface area (Å²) in [6, 6.07) is 2.01.